The topological polar surface area (TPSA) is 47.6 Å². The van der Waals surface area contributed by atoms with Gasteiger partial charge in [-0.1, -0.05) is 41.9 Å². The first kappa shape index (κ1) is 17.3. The highest BCUT2D eigenvalue weighted by molar-refractivity contribution is 6.31. The molecule has 0 aliphatic rings. The van der Waals surface area contributed by atoms with Gasteiger partial charge in [0.2, 0.25) is 0 Å². The van der Waals surface area contributed by atoms with Crippen molar-refractivity contribution in [1.29, 1.82) is 0 Å². The molecule has 122 valence electrons. The Morgan fingerprint density at radius 2 is 1.96 bits per heavy atom. The van der Waals surface area contributed by atoms with Gasteiger partial charge in [0.15, 0.2) is 0 Å². The Morgan fingerprint density at radius 1 is 1.17 bits per heavy atom. The Bertz CT molecular complexity index is 660. The largest absolute Gasteiger partial charge is 0.497 e. The van der Waals surface area contributed by atoms with E-state index in [0.29, 0.717) is 17.1 Å². The zero-order valence-corrected chi connectivity index (χ0v) is 14.0. The molecule has 0 heterocycles. The molecule has 0 aromatic heterocycles. The first-order valence-electron chi connectivity index (χ1n) is 7.34. The molecule has 0 aliphatic heterocycles. The van der Waals surface area contributed by atoms with Gasteiger partial charge in [-0.3, -0.25) is 0 Å². The maximum absolute atomic E-state index is 12.0. The van der Waals surface area contributed by atoms with Crippen LogP contribution in [0.1, 0.15) is 17.2 Å². The fourth-order valence-electron chi connectivity index (χ4n) is 2.34. The molecule has 0 amide bonds. The average Bonchev–Trinajstić information content (AvgIpc) is 2.59. The van der Waals surface area contributed by atoms with E-state index in [-0.39, 0.29) is 5.97 Å². The maximum atomic E-state index is 12.0. The summed E-state index contributed by atoms with van der Waals surface area (Å²) in [5.41, 5.74) is 1.84. The predicted molar refractivity (Wildman–Crippen MR) is 90.9 cm³/mol. The summed E-state index contributed by atoms with van der Waals surface area (Å²) in [5.74, 6) is 0.460. The van der Waals surface area contributed by atoms with Crippen LogP contribution < -0.4 is 10.1 Å². The smallest absolute Gasteiger partial charge is 0.327 e. The van der Waals surface area contributed by atoms with Gasteiger partial charge in [0, 0.05) is 11.6 Å². The van der Waals surface area contributed by atoms with Gasteiger partial charge in [-0.25, -0.2) is 4.79 Å². The maximum Gasteiger partial charge on any atom is 0.327 e. The number of ether oxygens (including phenoxy) is 2. The molecule has 0 radical (unpaired) electrons. The van der Waals surface area contributed by atoms with Gasteiger partial charge in [0.25, 0.3) is 0 Å². The van der Waals surface area contributed by atoms with E-state index in [9.17, 15) is 4.79 Å². The van der Waals surface area contributed by atoms with Crippen molar-refractivity contribution >= 4 is 17.6 Å². The second-order valence-corrected chi connectivity index (χ2v) is 5.44. The van der Waals surface area contributed by atoms with Crippen LogP contribution in [0.4, 0.5) is 0 Å². The van der Waals surface area contributed by atoms with E-state index in [2.05, 4.69) is 5.32 Å². The van der Waals surface area contributed by atoms with E-state index < -0.39 is 6.04 Å². The lowest BCUT2D eigenvalue weighted by Crippen LogP contribution is -2.31. The Hall–Kier alpha value is -2.04. The highest BCUT2D eigenvalue weighted by Crippen LogP contribution is 2.23. The fraction of sp³-hybridized carbons (Fsp3) is 0.278. The summed E-state index contributed by atoms with van der Waals surface area (Å²) in [6.07, 6.45) is 0.759. The molecular formula is C18H20ClNO3. The Labute approximate surface area is 141 Å². The first-order valence-corrected chi connectivity index (χ1v) is 7.72. The molecule has 0 spiro atoms. The number of hydrogen-bond donors (Lipinski definition) is 1. The van der Waals surface area contributed by atoms with Crippen LogP contribution in [0.3, 0.4) is 0 Å². The number of halogens is 1. The monoisotopic (exact) mass is 333 g/mol. The van der Waals surface area contributed by atoms with Crippen molar-refractivity contribution in [2.75, 3.05) is 20.8 Å². The van der Waals surface area contributed by atoms with Gasteiger partial charge in [0.05, 0.1) is 14.2 Å². The summed E-state index contributed by atoms with van der Waals surface area (Å²) < 4.78 is 10.1. The molecule has 2 aromatic rings. The SMILES string of the molecule is COC(=O)C(NCCc1cccc(OC)c1)c1ccccc1Cl. The quantitative estimate of drug-likeness (QED) is 0.789. The minimum Gasteiger partial charge on any atom is -0.497 e. The van der Waals surface area contributed by atoms with Gasteiger partial charge in [-0.2, -0.15) is 0 Å². The summed E-state index contributed by atoms with van der Waals surface area (Å²) in [6, 6.07) is 14.5. The van der Waals surface area contributed by atoms with E-state index in [1.165, 1.54) is 7.11 Å². The fourth-order valence-corrected chi connectivity index (χ4v) is 2.58. The number of rotatable bonds is 7. The molecule has 1 atom stereocenters. The highest BCUT2D eigenvalue weighted by atomic mass is 35.5. The molecule has 2 aromatic carbocycles. The number of benzene rings is 2. The average molecular weight is 334 g/mol. The predicted octanol–water partition coefficient (Wildman–Crippen LogP) is 3.40. The summed E-state index contributed by atoms with van der Waals surface area (Å²) >= 11 is 6.19. The highest BCUT2D eigenvalue weighted by Gasteiger charge is 2.22. The van der Waals surface area contributed by atoms with Gasteiger partial charge < -0.3 is 14.8 Å². The lowest BCUT2D eigenvalue weighted by molar-refractivity contribution is -0.143. The van der Waals surface area contributed by atoms with Crippen molar-refractivity contribution in [3.8, 4) is 5.75 Å². The van der Waals surface area contributed by atoms with Crippen LogP contribution in [0.15, 0.2) is 48.5 Å². The molecule has 2 rings (SSSR count). The number of nitrogens with one attached hydrogen (secondary N) is 1. The van der Waals surface area contributed by atoms with Crippen molar-refractivity contribution in [3.05, 3.63) is 64.7 Å². The zero-order chi connectivity index (χ0) is 16.7. The van der Waals surface area contributed by atoms with E-state index in [0.717, 1.165) is 17.7 Å². The molecule has 0 saturated carbocycles. The molecule has 5 heteroatoms. The molecule has 0 bridgehead atoms. The number of hydrogen-bond acceptors (Lipinski definition) is 4. The first-order chi connectivity index (χ1) is 11.2. The third-order valence-corrected chi connectivity index (χ3v) is 3.89. The summed E-state index contributed by atoms with van der Waals surface area (Å²) in [6.45, 7) is 0.609. The van der Waals surface area contributed by atoms with Crippen LogP contribution >= 0.6 is 11.6 Å². The molecule has 0 aliphatic carbocycles. The second-order valence-electron chi connectivity index (χ2n) is 5.03. The molecule has 0 fully saturated rings. The lowest BCUT2D eigenvalue weighted by atomic mass is 10.1. The van der Waals surface area contributed by atoms with Crippen molar-refractivity contribution in [1.82, 2.24) is 5.32 Å². The second kappa shape index (κ2) is 8.56. The van der Waals surface area contributed by atoms with Gasteiger partial charge in [0.1, 0.15) is 11.8 Å². The van der Waals surface area contributed by atoms with Crippen LogP contribution in [-0.4, -0.2) is 26.7 Å². The van der Waals surface area contributed by atoms with E-state index in [1.807, 2.05) is 42.5 Å². The Kier molecular flexibility index (Phi) is 6.44. The van der Waals surface area contributed by atoms with Crippen LogP contribution in [0.5, 0.6) is 5.75 Å². The van der Waals surface area contributed by atoms with Crippen molar-refractivity contribution < 1.29 is 14.3 Å². The van der Waals surface area contributed by atoms with Crippen molar-refractivity contribution in [3.63, 3.8) is 0 Å². The molecule has 23 heavy (non-hydrogen) atoms. The summed E-state index contributed by atoms with van der Waals surface area (Å²) in [5, 5.41) is 3.75. The van der Waals surface area contributed by atoms with E-state index >= 15 is 0 Å². The molecule has 1 N–H and O–H groups in total. The molecule has 1 unspecified atom stereocenters. The van der Waals surface area contributed by atoms with Crippen LogP contribution in [-0.2, 0) is 16.0 Å². The minimum absolute atomic E-state index is 0.358. The lowest BCUT2D eigenvalue weighted by Gasteiger charge is -2.18. The van der Waals surface area contributed by atoms with Crippen LogP contribution in [0.2, 0.25) is 5.02 Å². The van der Waals surface area contributed by atoms with E-state index in [4.69, 9.17) is 21.1 Å². The van der Waals surface area contributed by atoms with Gasteiger partial charge >= 0.3 is 5.97 Å². The van der Waals surface area contributed by atoms with Crippen LogP contribution in [0, 0.1) is 0 Å². The standard InChI is InChI=1S/C18H20ClNO3/c1-22-14-7-5-6-13(12-14)10-11-20-17(18(21)23-2)15-8-3-4-9-16(15)19/h3-9,12,17,20H,10-11H2,1-2H3. The van der Waals surface area contributed by atoms with E-state index in [1.54, 1.807) is 13.2 Å². The van der Waals surface area contributed by atoms with Gasteiger partial charge in [-0.15, -0.1) is 0 Å². The van der Waals surface area contributed by atoms with Gasteiger partial charge in [-0.05, 0) is 35.7 Å². The van der Waals surface area contributed by atoms with Crippen molar-refractivity contribution in [2.45, 2.75) is 12.5 Å². The summed E-state index contributed by atoms with van der Waals surface area (Å²) in [7, 11) is 3.01. The van der Waals surface area contributed by atoms with Crippen LogP contribution in [0.25, 0.3) is 0 Å². The normalized spacial score (nSPS) is 11.8. The number of esters is 1. The zero-order valence-electron chi connectivity index (χ0n) is 13.2. The third-order valence-electron chi connectivity index (χ3n) is 3.55. The number of carbonyl (C=O) groups excluding carboxylic acids is 1. The third kappa shape index (κ3) is 4.71. The number of carbonyl (C=O) groups is 1. The summed E-state index contributed by atoms with van der Waals surface area (Å²) in [4.78, 5) is 12.0. The molecule has 0 saturated heterocycles. The minimum atomic E-state index is -0.584. The molecule has 4 nitrogen and oxygen atoms in total. The Morgan fingerprint density at radius 3 is 2.65 bits per heavy atom. The number of methoxy groups -OCH3 is 2. The Balaban J connectivity index is 2.04. The van der Waals surface area contributed by atoms with Crippen molar-refractivity contribution in [2.24, 2.45) is 0 Å². The molecular weight excluding hydrogens is 314 g/mol.